The summed E-state index contributed by atoms with van der Waals surface area (Å²) in [6, 6.07) is 3.54. The Labute approximate surface area is 89.1 Å². The van der Waals surface area contributed by atoms with Gasteiger partial charge in [0.05, 0.1) is 0 Å². The van der Waals surface area contributed by atoms with E-state index in [-0.39, 0.29) is 0 Å². The molecule has 0 saturated carbocycles. The number of phenolic OH excluding ortho intramolecular Hbond substituents is 1. The molecule has 0 radical (unpaired) electrons. The summed E-state index contributed by atoms with van der Waals surface area (Å²) in [6.45, 7) is 2.09. The second-order valence-corrected chi connectivity index (χ2v) is 4.26. The van der Waals surface area contributed by atoms with Crippen LogP contribution in [0.4, 0.5) is 0 Å². The van der Waals surface area contributed by atoms with E-state index in [0.717, 1.165) is 27.4 Å². The number of hydrogen-bond acceptors (Lipinski definition) is 1. The average molecular weight is 294 g/mol. The van der Waals surface area contributed by atoms with Crippen molar-refractivity contribution in [3.8, 4) is 5.75 Å². The molecule has 12 heavy (non-hydrogen) atoms. The van der Waals surface area contributed by atoms with Gasteiger partial charge in [0.25, 0.3) is 0 Å². The first-order valence-electron chi connectivity index (χ1n) is 3.82. The van der Waals surface area contributed by atoms with E-state index in [4.69, 9.17) is 0 Å². The predicted octanol–water partition coefficient (Wildman–Crippen LogP) is 3.87. The molecule has 0 aromatic heterocycles. The molecule has 0 aliphatic rings. The van der Waals surface area contributed by atoms with E-state index in [1.165, 1.54) is 0 Å². The van der Waals surface area contributed by atoms with Crippen LogP contribution in [0.5, 0.6) is 5.75 Å². The first kappa shape index (κ1) is 10.1. The normalized spacial score (nSPS) is 10.2. The molecule has 1 N–H and O–H groups in total. The van der Waals surface area contributed by atoms with Crippen LogP contribution >= 0.6 is 31.9 Å². The summed E-state index contributed by atoms with van der Waals surface area (Å²) in [5, 5.41) is 9.50. The van der Waals surface area contributed by atoms with Crippen molar-refractivity contribution in [2.24, 2.45) is 0 Å². The fraction of sp³-hybridized carbons (Fsp3) is 0.333. The van der Waals surface area contributed by atoms with Gasteiger partial charge in [-0.1, -0.05) is 13.3 Å². The van der Waals surface area contributed by atoms with Crippen LogP contribution in [0.15, 0.2) is 21.1 Å². The van der Waals surface area contributed by atoms with E-state index in [2.05, 4.69) is 38.8 Å². The van der Waals surface area contributed by atoms with Crippen molar-refractivity contribution in [3.63, 3.8) is 0 Å². The lowest BCUT2D eigenvalue weighted by molar-refractivity contribution is 0.467. The first-order chi connectivity index (χ1) is 5.66. The van der Waals surface area contributed by atoms with Crippen molar-refractivity contribution >= 4 is 31.9 Å². The zero-order valence-corrected chi connectivity index (χ0v) is 9.94. The van der Waals surface area contributed by atoms with Crippen LogP contribution in [0, 0.1) is 0 Å². The molecule has 3 heteroatoms. The van der Waals surface area contributed by atoms with E-state index >= 15 is 0 Å². The molecule has 0 fully saturated rings. The smallest absolute Gasteiger partial charge is 0.119 e. The molecule has 0 amide bonds. The maximum absolute atomic E-state index is 9.50. The van der Waals surface area contributed by atoms with Gasteiger partial charge in [-0.15, -0.1) is 0 Å². The Balaban J connectivity index is 3.14. The molecular weight excluding hydrogens is 284 g/mol. The fourth-order valence-electron chi connectivity index (χ4n) is 1.07. The van der Waals surface area contributed by atoms with Crippen LogP contribution in [0.3, 0.4) is 0 Å². The van der Waals surface area contributed by atoms with Crippen molar-refractivity contribution in [2.75, 3.05) is 0 Å². The minimum Gasteiger partial charge on any atom is -0.508 e. The highest BCUT2D eigenvalue weighted by molar-refractivity contribution is 9.13. The van der Waals surface area contributed by atoms with Crippen LogP contribution in [-0.2, 0) is 6.42 Å². The molecule has 0 bridgehead atoms. The van der Waals surface area contributed by atoms with Crippen molar-refractivity contribution in [1.29, 1.82) is 0 Å². The molecule has 0 heterocycles. The average Bonchev–Trinajstić information content (AvgIpc) is 2.06. The van der Waals surface area contributed by atoms with Gasteiger partial charge in [-0.05, 0) is 50.4 Å². The van der Waals surface area contributed by atoms with Crippen LogP contribution in [0.2, 0.25) is 0 Å². The quantitative estimate of drug-likeness (QED) is 0.878. The third-order valence-electron chi connectivity index (χ3n) is 1.67. The van der Waals surface area contributed by atoms with E-state index in [9.17, 15) is 5.11 Å². The lowest BCUT2D eigenvalue weighted by Gasteiger charge is -2.06. The van der Waals surface area contributed by atoms with Crippen molar-refractivity contribution in [3.05, 3.63) is 26.6 Å². The Hall–Kier alpha value is -0.0200. The van der Waals surface area contributed by atoms with Crippen LogP contribution in [0.25, 0.3) is 0 Å². The second kappa shape index (κ2) is 4.28. The molecule has 0 unspecified atom stereocenters. The summed E-state index contributed by atoms with van der Waals surface area (Å²) < 4.78 is 1.95. The van der Waals surface area contributed by atoms with Gasteiger partial charge < -0.3 is 5.11 Å². The predicted molar refractivity (Wildman–Crippen MR) is 57.5 cm³/mol. The zero-order valence-electron chi connectivity index (χ0n) is 6.77. The van der Waals surface area contributed by atoms with Crippen LogP contribution in [-0.4, -0.2) is 5.11 Å². The molecular formula is C9H10Br2O. The number of benzene rings is 1. The van der Waals surface area contributed by atoms with Gasteiger partial charge in [-0.3, -0.25) is 0 Å². The number of halogens is 2. The maximum atomic E-state index is 9.50. The topological polar surface area (TPSA) is 20.2 Å². The molecule has 1 aromatic rings. The Morgan fingerprint density at radius 1 is 1.33 bits per heavy atom. The molecule has 1 rings (SSSR count). The van der Waals surface area contributed by atoms with E-state index in [1.807, 2.05) is 6.07 Å². The minimum absolute atomic E-state index is 0.368. The van der Waals surface area contributed by atoms with Crippen molar-refractivity contribution in [1.82, 2.24) is 0 Å². The fourth-order valence-corrected chi connectivity index (χ4v) is 1.98. The second-order valence-electron chi connectivity index (χ2n) is 2.61. The Kier molecular flexibility index (Phi) is 3.59. The lowest BCUT2D eigenvalue weighted by atomic mass is 10.1. The zero-order chi connectivity index (χ0) is 9.14. The van der Waals surface area contributed by atoms with Crippen molar-refractivity contribution in [2.45, 2.75) is 19.8 Å². The lowest BCUT2D eigenvalue weighted by Crippen LogP contribution is -1.87. The summed E-state index contributed by atoms with van der Waals surface area (Å²) >= 11 is 6.82. The van der Waals surface area contributed by atoms with Crippen LogP contribution < -0.4 is 0 Å². The SMILES string of the molecule is CCCc1c(O)ccc(Br)c1Br. The monoisotopic (exact) mass is 292 g/mol. The number of hydrogen-bond donors (Lipinski definition) is 1. The maximum Gasteiger partial charge on any atom is 0.119 e. The van der Waals surface area contributed by atoms with Crippen molar-refractivity contribution < 1.29 is 5.11 Å². The van der Waals surface area contributed by atoms with E-state index in [1.54, 1.807) is 6.07 Å². The third kappa shape index (κ3) is 2.02. The van der Waals surface area contributed by atoms with E-state index < -0.39 is 0 Å². The Bertz CT molecular complexity index is 284. The van der Waals surface area contributed by atoms with Gasteiger partial charge in [0.1, 0.15) is 5.75 Å². The Morgan fingerprint density at radius 3 is 2.58 bits per heavy atom. The van der Waals surface area contributed by atoms with Gasteiger partial charge >= 0.3 is 0 Å². The molecule has 0 spiro atoms. The molecule has 0 atom stereocenters. The minimum atomic E-state index is 0.368. The molecule has 1 nitrogen and oxygen atoms in total. The number of phenols is 1. The summed E-state index contributed by atoms with van der Waals surface area (Å²) in [6.07, 6.45) is 1.93. The molecule has 1 aromatic carbocycles. The first-order valence-corrected chi connectivity index (χ1v) is 5.41. The summed E-state index contributed by atoms with van der Waals surface area (Å²) in [7, 11) is 0. The molecule has 0 saturated heterocycles. The highest BCUT2D eigenvalue weighted by Gasteiger charge is 2.07. The summed E-state index contributed by atoms with van der Waals surface area (Å²) in [5.41, 5.74) is 0.979. The molecule has 0 aliphatic heterocycles. The number of rotatable bonds is 2. The summed E-state index contributed by atoms with van der Waals surface area (Å²) in [4.78, 5) is 0. The molecule has 0 aliphatic carbocycles. The Morgan fingerprint density at radius 2 is 2.00 bits per heavy atom. The number of aromatic hydroxyl groups is 1. The highest BCUT2D eigenvalue weighted by atomic mass is 79.9. The standard InChI is InChI=1S/C9H10Br2O/c1-2-3-6-8(12)5-4-7(10)9(6)11/h4-5,12H,2-3H2,1H3. The highest BCUT2D eigenvalue weighted by Crippen LogP contribution is 2.33. The summed E-state index contributed by atoms with van der Waals surface area (Å²) in [5.74, 6) is 0.368. The van der Waals surface area contributed by atoms with Gasteiger partial charge in [-0.25, -0.2) is 0 Å². The van der Waals surface area contributed by atoms with E-state index in [0.29, 0.717) is 5.75 Å². The van der Waals surface area contributed by atoms with Gasteiger partial charge in [-0.2, -0.15) is 0 Å². The van der Waals surface area contributed by atoms with Gasteiger partial charge in [0, 0.05) is 14.5 Å². The molecule has 66 valence electrons. The van der Waals surface area contributed by atoms with Gasteiger partial charge in [0.15, 0.2) is 0 Å². The largest absolute Gasteiger partial charge is 0.508 e. The third-order valence-corrected chi connectivity index (χ3v) is 3.77. The van der Waals surface area contributed by atoms with Gasteiger partial charge in [0.2, 0.25) is 0 Å². The van der Waals surface area contributed by atoms with Crippen LogP contribution in [0.1, 0.15) is 18.9 Å².